The molecule has 10 heteroatoms. The minimum Gasteiger partial charge on any atom is -0.369 e. The summed E-state index contributed by atoms with van der Waals surface area (Å²) < 4.78 is 1.84. The molecular formula is C22H25ClN8O. The van der Waals surface area contributed by atoms with Gasteiger partial charge >= 0.3 is 0 Å². The summed E-state index contributed by atoms with van der Waals surface area (Å²) in [5.74, 6) is 1.29. The molecule has 3 heterocycles. The van der Waals surface area contributed by atoms with Gasteiger partial charge in [-0.3, -0.25) is 9.36 Å². The molecule has 0 radical (unpaired) electrons. The van der Waals surface area contributed by atoms with Gasteiger partial charge in [-0.25, -0.2) is 9.97 Å². The molecule has 0 saturated carbocycles. The zero-order valence-corrected chi connectivity index (χ0v) is 18.6. The third-order valence-electron chi connectivity index (χ3n) is 5.71. The number of nitrogens with zero attached hydrogens (tertiary/aromatic N) is 5. The molecule has 4 N–H and O–H groups in total. The van der Waals surface area contributed by atoms with Crippen LogP contribution in [0.15, 0.2) is 23.0 Å². The quantitative estimate of drug-likeness (QED) is 0.485. The van der Waals surface area contributed by atoms with E-state index in [1.54, 1.807) is 13.0 Å². The van der Waals surface area contributed by atoms with Gasteiger partial charge in [-0.05, 0) is 51.4 Å². The Labute approximate surface area is 190 Å². The van der Waals surface area contributed by atoms with Gasteiger partial charge in [0.05, 0.1) is 21.6 Å². The number of aryl methyl sites for hydroxylation is 2. The molecule has 166 valence electrons. The van der Waals surface area contributed by atoms with Gasteiger partial charge in [-0.15, -0.1) is 0 Å². The second kappa shape index (κ2) is 9.51. The number of halogens is 1. The fourth-order valence-corrected chi connectivity index (χ4v) is 4.43. The van der Waals surface area contributed by atoms with E-state index in [0.717, 1.165) is 31.8 Å². The molecule has 0 aliphatic carbocycles. The van der Waals surface area contributed by atoms with E-state index in [1.807, 2.05) is 16.7 Å². The van der Waals surface area contributed by atoms with Crippen molar-refractivity contribution in [3.05, 3.63) is 50.7 Å². The molecule has 0 atom stereocenters. The number of rotatable bonds is 6. The van der Waals surface area contributed by atoms with E-state index in [-0.39, 0.29) is 17.5 Å². The summed E-state index contributed by atoms with van der Waals surface area (Å²) in [4.78, 5) is 26.4. The fraction of sp³-hybridized carbons (Fsp3) is 0.409. The highest BCUT2D eigenvalue weighted by Gasteiger charge is 2.22. The van der Waals surface area contributed by atoms with Crippen LogP contribution in [0.4, 0.5) is 11.8 Å². The largest absolute Gasteiger partial charge is 0.369 e. The molecule has 4 rings (SSSR count). The van der Waals surface area contributed by atoms with Crippen LogP contribution in [0.1, 0.15) is 42.4 Å². The molecular weight excluding hydrogens is 428 g/mol. The monoisotopic (exact) mass is 452 g/mol. The minimum absolute atomic E-state index is 0.0820. The first-order chi connectivity index (χ1) is 15.5. The number of nitriles is 1. The average Bonchev–Trinajstić information content (AvgIpc) is 2.77. The lowest BCUT2D eigenvalue weighted by molar-refractivity contribution is 0.350. The van der Waals surface area contributed by atoms with E-state index in [0.29, 0.717) is 52.4 Å². The highest BCUT2D eigenvalue weighted by Crippen LogP contribution is 2.24. The molecule has 2 aromatic heterocycles. The lowest BCUT2D eigenvalue weighted by Crippen LogP contribution is -2.36. The molecule has 1 aromatic carbocycles. The molecule has 32 heavy (non-hydrogen) atoms. The van der Waals surface area contributed by atoms with Crippen LogP contribution < -0.4 is 21.9 Å². The van der Waals surface area contributed by atoms with E-state index in [2.05, 4.69) is 26.7 Å². The molecule has 1 saturated heterocycles. The molecule has 9 nitrogen and oxygen atoms in total. The number of hydrogen-bond acceptors (Lipinski definition) is 8. The first-order valence-electron chi connectivity index (χ1n) is 10.7. The Morgan fingerprint density at radius 1 is 1.31 bits per heavy atom. The van der Waals surface area contributed by atoms with E-state index < -0.39 is 0 Å². The number of nitrogens with two attached hydrogens (primary N) is 1. The Bertz CT molecular complexity index is 1240. The SMILES string of the molecule is Cc1nc(N)nc(NCCCc2nc3cccc(Cl)c3c(=O)n2C2CCNCC2)c1C#N. The maximum atomic E-state index is 13.4. The number of piperidine rings is 1. The van der Waals surface area contributed by atoms with Crippen molar-refractivity contribution in [2.75, 3.05) is 30.7 Å². The van der Waals surface area contributed by atoms with Crippen molar-refractivity contribution in [3.63, 3.8) is 0 Å². The Morgan fingerprint density at radius 2 is 2.09 bits per heavy atom. The number of nitrogens with one attached hydrogen (secondary N) is 2. The molecule has 0 spiro atoms. The van der Waals surface area contributed by atoms with Gasteiger partial charge in [0, 0.05) is 19.0 Å². The van der Waals surface area contributed by atoms with Crippen LogP contribution >= 0.6 is 11.6 Å². The zero-order chi connectivity index (χ0) is 22.7. The van der Waals surface area contributed by atoms with Crippen LogP contribution in [0, 0.1) is 18.3 Å². The van der Waals surface area contributed by atoms with Crippen molar-refractivity contribution >= 4 is 34.3 Å². The van der Waals surface area contributed by atoms with Gasteiger partial charge in [-0.1, -0.05) is 17.7 Å². The van der Waals surface area contributed by atoms with Crippen LogP contribution in [-0.4, -0.2) is 39.2 Å². The zero-order valence-electron chi connectivity index (χ0n) is 17.9. The molecule has 0 bridgehead atoms. The molecule has 0 amide bonds. The highest BCUT2D eigenvalue weighted by atomic mass is 35.5. The van der Waals surface area contributed by atoms with Crippen molar-refractivity contribution < 1.29 is 0 Å². The van der Waals surface area contributed by atoms with E-state index in [4.69, 9.17) is 22.3 Å². The lowest BCUT2D eigenvalue weighted by atomic mass is 10.1. The van der Waals surface area contributed by atoms with Crippen LogP contribution in [0.25, 0.3) is 10.9 Å². The third-order valence-corrected chi connectivity index (χ3v) is 6.03. The molecule has 1 aliphatic rings. The van der Waals surface area contributed by atoms with Gasteiger partial charge in [0.1, 0.15) is 23.3 Å². The summed E-state index contributed by atoms with van der Waals surface area (Å²) in [6, 6.07) is 7.57. The van der Waals surface area contributed by atoms with Crippen LogP contribution in [0.2, 0.25) is 5.02 Å². The van der Waals surface area contributed by atoms with E-state index >= 15 is 0 Å². The number of hydrogen-bond donors (Lipinski definition) is 3. The third kappa shape index (κ3) is 4.38. The van der Waals surface area contributed by atoms with Crippen molar-refractivity contribution in [1.82, 2.24) is 24.8 Å². The molecule has 1 aliphatic heterocycles. The number of benzene rings is 1. The summed E-state index contributed by atoms with van der Waals surface area (Å²) in [7, 11) is 0. The maximum Gasteiger partial charge on any atom is 0.263 e. The molecule has 0 unspecified atom stereocenters. The second-order valence-corrected chi connectivity index (χ2v) is 8.26. The number of nitrogen functional groups attached to an aromatic ring is 1. The van der Waals surface area contributed by atoms with Crippen molar-refractivity contribution in [3.8, 4) is 6.07 Å². The van der Waals surface area contributed by atoms with Crippen molar-refractivity contribution in [2.45, 2.75) is 38.6 Å². The summed E-state index contributed by atoms with van der Waals surface area (Å²) in [6.45, 7) is 4.00. The first-order valence-corrected chi connectivity index (χ1v) is 11.1. The maximum absolute atomic E-state index is 13.4. The van der Waals surface area contributed by atoms with Crippen LogP contribution in [0.3, 0.4) is 0 Å². The first kappa shape index (κ1) is 22.0. The predicted molar refractivity (Wildman–Crippen MR) is 125 cm³/mol. The minimum atomic E-state index is -0.0820. The summed E-state index contributed by atoms with van der Waals surface area (Å²) in [5, 5.41) is 16.8. The summed E-state index contributed by atoms with van der Waals surface area (Å²) >= 11 is 6.35. The van der Waals surface area contributed by atoms with Gasteiger partial charge in [0.15, 0.2) is 0 Å². The summed E-state index contributed by atoms with van der Waals surface area (Å²) in [6.07, 6.45) is 3.02. The Morgan fingerprint density at radius 3 is 2.84 bits per heavy atom. The smallest absolute Gasteiger partial charge is 0.263 e. The molecule has 1 fully saturated rings. The topological polar surface area (TPSA) is 135 Å². The number of anilines is 2. The number of aromatic nitrogens is 4. The molecule has 3 aromatic rings. The average molecular weight is 453 g/mol. The highest BCUT2D eigenvalue weighted by molar-refractivity contribution is 6.35. The normalized spacial score (nSPS) is 14.4. The lowest BCUT2D eigenvalue weighted by Gasteiger charge is -2.27. The van der Waals surface area contributed by atoms with Gasteiger partial charge in [0.25, 0.3) is 5.56 Å². The Kier molecular flexibility index (Phi) is 6.53. The van der Waals surface area contributed by atoms with E-state index in [9.17, 15) is 10.1 Å². The fourth-order valence-electron chi connectivity index (χ4n) is 4.18. The van der Waals surface area contributed by atoms with Crippen LogP contribution in [0.5, 0.6) is 0 Å². The van der Waals surface area contributed by atoms with Gasteiger partial charge in [-0.2, -0.15) is 10.2 Å². The standard InChI is InChI=1S/C22H25ClN8O/c1-13-15(12-24)20(30-22(25)28-13)27-9-3-6-18-29-17-5-2-4-16(23)19(17)21(32)31(18)14-7-10-26-11-8-14/h2,4-5,14,26H,3,6-11H2,1H3,(H3,25,27,28,30). The van der Waals surface area contributed by atoms with Crippen LogP contribution in [-0.2, 0) is 6.42 Å². The number of fused-ring (bicyclic) bond motifs is 1. The summed E-state index contributed by atoms with van der Waals surface area (Å²) in [5.41, 5.74) is 7.17. The van der Waals surface area contributed by atoms with Crippen molar-refractivity contribution in [2.24, 2.45) is 0 Å². The van der Waals surface area contributed by atoms with Crippen molar-refractivity contribution in [1.29, 1.82) is 5.26 Å². The van der Waals surface area contributed by atoms with E-state index in [1.165, 1.54) is 0 Å². The predicted octanol–water partition coefficient (Wildman–Crippen LogP) is 2.57. The second-order valence-electron chi connectivity index (χ2n) is 7.85. The van der Waals surface area contributed by atoms with Gasteiger partial charge < -0.3 is 16.4 Å². The Balaban J connectivity index is 1.59. The van der Waals surface area contributed by atoms with Gasteiger partial charge in [0.2, 0.25) is 5.95 Å². The Hall–Kier alpha value is -3.22.